The van der Waals surface area contributed by atoms with Crippen molar-refractivity contribution < 1.29 is 4.74 Å². The second-order valence-electron chi connectivity index (χ2n) is 5.36. The lowest BCUT2D eigenvalue weighted by Gasteiger charge is -2.36. The van der Waals surface area contributed by atoms with E-state index in [0.29, 0.717) is 12.0 Å². The van der Waals surface area contributed by atoms with E-state index >= 15 is 0 Å². The van der Waals surface area contributed by atoms with Crippen molar-refractivity contribution >= 4 is 11.3 Å². The van der Waals surface area contributed by atoms with Crippen LogP contribution in [0.4, 0.5) is 0 Å². The van der Waals surface area contributed by atoms with Crippen LogP contribution in [-0.4, -0.2) is 18.1 Å². The summed E-state index contributed by atoms with van der Waals surface area (Å²) in [6.45, 7) is 3.00. The fourth-order valence-corrected chi connectivity index (χ4v) is 3.41. The van der Waals surface area contributed by atoms with Gasteiger partial charge in [-0.15, -0.1) is 11.3 Å². The zero-order chi connectivity index (χ0) is 13.9. The maximum atomic E-state index is 5.19. The Bertz CT molecular complexity index is 558. The fourth-order valence-electron chi connectivity index (χ4n) is 2.66. The van der Waals surface area contributed by atoms with Crippen molar-refractivity contribution in [3.63, 3.8) is 0 Å². The summed E-state index contributed by atoms with van der Waals surface area (Å²) in [7, 11) is 1.71. The first-order valence-electron chi connectivity index (χ1n) is 7.03. The fraction of sp³-hybridized carbons (Fsp3) is 0.438. The van der Waals surface area contributed by atoms with Crippen molar-refractivity contribution in [1.29, 1.82) is 0 Å². The molecule has 1 N–H and O–H groups in total. The van der Waals surface area contributed by atoms with E-state index in [9.17, 15) is 0 Å². The Morgan fingerprint density at radius 1 is 1.30 bits per heavy atom. The average molecular weight is 288 g/mol. The Morgan fingerprint density at radius 2 is 2.05 bits per heavy atom. The highest BCUT2D eigenvalue weighted by Crippen LogP contribution is 2.37. The number of aromatic nitrogens is 1. The normalized spacial score (nSPS) is 21.5. The maximum Gasteiger partial charge on any atom is 0.118 e. The lowest BCUT2D eigenvalue weighted by Crippen LogP contribution is -2.39. The molecular weight excluding hydrogens is 268 g/mol. The van der Waals surface area contributed by atoms with Crippen LogP contribution in [0.15, 0.2) is 30.5 Å². The number of aryl methyl sites for hydroxylation is 1. The summed E-state index contributed by atoms with van der Waals surface area (Å²) in [6, 6.07) is 9.12. The van der Waals surface area contributed by atoms with Crippen LogP contribution < -0.4 is 10.1 Å². The van der Waals surface area contributed by atoms with E-state index in [-0.39, 0.29) is 0 Å². The smallest absolute Gasteiger partial charge is 0.118 e. The van der Waals surface area contributed by atoms with Gasteiger partial charge in [0.25, 0.3) is 0 Å². The molecule has 3 nitrogen and oxygen atoms in total. The molecule has 0 atom stereocenters. The number of ether oxygens (including phenoxy) is 1. The van der Waals surface area contributed by atoms with Gasteiger partial charge in [-0.3, -0.25) is 0 Å². The summed E-state index contributed by atoms with van der Waals surface area (Å²) in [4.78, 5) is 5.61. The van der Waals surface area contributed by atoms with Crippen LogP contribution in [0.2, 0.25) is 0 Å². The Kier molecular flexibility index (Phi) is 4.03. The van der Waals surface area contributed by atoms with Crippen molar-refractivity contribution in [2.75, 3.05) is 7.11 Å². The van der Waals surface area contributed by atoms with Crippen LogP contribution in [0.25, 0.3) is 0 Å². The zero-order valence-electron chi connectivity index (χ0n) is 11.9. The third-order valence-corrected chi connectivity index (χ3v) is 4.87. The van der Waals surface area contributed by atoms with Gasteiger partial charge in [0.2, 0.25) is 0 Å². The molecule has 0 bridgehead atoms. The Balaban J connectivity index is 1.46. The topological polar surface area (TPSA) is 34.1 Å². The van der Waals surface area contributed by atoms with Gasteiger partial charge in [-0.25, -0.2) is 4.98 Å². The summed E-state index contributed by atoms with van der Waals surface area (Å²) in [6.07, 6.45) is 4.43. The van der Waals surface area contributed by atoms with Crippen molar-refractivity contribution in [3.05, 3.63) is 45.9 Å². The Labute approximate surface area is 124 Å². The summed E-state index contributed by atoms with van der Waals surface area (Å²) in [5.74, 6) is 1.63. The Morgan fingerprint density at radius 3 is 2.65 bits per heavy atom. The van der Waals surface area contributed by atoms with Crippen LogP contribution in [0.1, 0.15) is 34.2 Å². The number of rotatable bonds is 5. The number of hydrogen-bond acceptors (Lipinski definition) is 4. The minimum Gasteiger partial charge on any atom is -0.497 e. The summed E-state index contributed by atoms with van der Waals surface area (Å²) in [5, 5.41) is 4.76. The molecular formula is C16H20N2OS. The van der Waals surface area contributed by atoms with Crippen LogP contribution in [0, 0.1) is 6.92 Å². The van der Waals surface area contributed by atoms with Crippen molar-refractivity contribution in [2.45, 2.75) is 38.3 Å². The molecule has 1 heterocycles. The van der Waals surface area contributed by atoms with Gasteiger partial charge in [-0.2, -0.15) is 0 Å². The van der Waals surface area contributed by atoms with Gasteiger partial charge in [0.05, 0.1) is 12.1 Å². The van der Waals surface area contributed by atoms with E-state index in [1.54, 1.807) is 18.4 Å². The molecule has 0 aliphatic heterocycles. The third-order valence-electron chi connectivity index (χ3n) is 3.96. The molecule has 0 unspecified atom stereocenters. The minimum atomic E-state index is 0.643. The Hall–Kier alpha value is -1.39. The number of nitrogens with one attached hydrogen (secondary N) is 1. The maximum absolute atomic E-state index is 5.19. The highest BCUT2D eigenvalue weighted by Gasteiger charge is 2.29. The largest absolute Gasteiger partial charge is 0.497 e. The molecule has 0 radical (unpaired) electrons. The predicted molar refractivity (Wildman–Crippen MR) is 82.4 cm³/mol. The standard InChI is InChI=1S/C16H20N2OS/c1-11-17-9-16(20-11)10-18-14-7-13(8-14)12-3-5-15(19-2)6-4-12/h3-6,9,13-14,18H,7-8,10H2,1-2H3. The second-order valence-corrected chi connectivity index (χ2v) is 6.68. The van der Waals surface area contributed by atoms with E-state index in [2.05, 4.69) is 41.5 Å². The van der Waals surface area contributed by atoms with Crippen LogP contribution in [-0.2, 0) is 6.54 Å². The van der Waals surface area contributed by atoms with Crippen LogP contribution >= 0.6 is 11.3 Å². The van der Waals surface area contributed by atoms with Crippen LogP contribution in [0.3, 0.4) is 0 Å². The van der Waals surface area contributed by atoms with Crippen molar-refractivity contribution in [3.8, 4) is 5.75 Å². The predicted octanol–water partition coefficient (Wildman–Crippen LogP) is 3.50. The monoisotopic (exact) mass is 288 g/mol. The molecule has 0 spiro atoms. The lowest BCUT2D eigenvalue weighted by molar-refractivity contribution is 0.290. The molecule has 3 rings (SSSR count). The number of nitrogens with zero attached hydrogens (tertiary/aromatic N) is 1. The molecule has 1 fully saturated rings. The van der Waals surface area contributed by atoms with E-state index in [1.165, 1.54) is 23.3 Å². The summed E-state index contributed by atoms with van der Waals surface area (Å²) >= 11 is 1.78. The first kappa shape index (κ1) is 13.6. The van der Waals surface area contributed by atoms with E-state index in [4.69, 9.17) is 4.74 Å². The van der Waals surface area contributed by atoms with Crippen LogP contribution in [0.5, 0.6) is 5.75 Å². The van der Waals surface area contributed by atoms with Gasteiger partial charge in [-0.1, -0.05) is 12.1 Å². The summed E-state index contributed by atoms with van der Waals surface area (Å²) < 4.78 is 5.19. The van der Waals surface area contributed by atoms with E-state index in [1.807, 2.05) is 6.20 Å². The molecule has 1 aliphatic carbocycles. The number of benzene rings is 1. The molecule has 20 heavy (non-hydrogen) atoms. The second kappa shape index (κ2) is 5.94. The lowest BCUT2D eigenvalue weighted by atomic mass is 9.76. The van der Waals surface area contributed by atoms with Gasteiger partial charge in [0.15, 0.2) is 0 Å². The molecule has 1 aromatic heterocycles. The van der Waals surface area contributed by atoms with Gasteiger partial charge in [0.1, 0.15) is 5.75 Å². The first-order chi connectivity index (χ1) is 9.74. The van der Waals surface area contributed by atoms with Gasteiger partial charge >= 0.3 is 0 Å². The molecule has 0 saturated heterocycles. The number of hydrogen-bond donors (Lipinski definition) is 1. The average Bonchev–Trinajstić information content (AvgIpc) is 2.83. The molecule has 2 aromatic rings. The SMILES string of the molecule is COc1ccc(C2CC(NCc3cnc(C)s3)C2)cc1. The quantitative estimate of drug-likeness (QED) is 0.914. The first-order valence-corrected chi connectivity index (χ1v) is 7.85. The molecule has 106 valence electrons. The highest BCUT2D eigenvalue weighted by molar-refractivity contribution is 7.11. The molecule has 1 aromatic carbocycles. The van der Waals surface area contributed by atoms with Gasteiger partial charge in [0, 0.05) is 23.7 Å². The van der Waals surface area contributed by atoms with E-state index < -0.39 is 0 Å². The van der Waals surface area contributed by atoms with E-state index in [0.717, 1.165) is 17.3 Å². The molecule has 4 heteroatoms. The highest BCUT2D eigenvalue weighted by atomic mass is 32.1. The number of methoxy groups -OCH3 is 1. The van der Waals surface area contributed by atoms with Gasteiger partial charge < -0.3 is 10.1 Å². The summed E-state index contributed by atoms with van der Waals surface area (Å²) in [5.41, 5.74) is 1.43. The van der Waals surface area contributed by atoms with Crippen molar-refractivity contribution in [2.24, 2.45) is 0 Å². The molecule has 0 amide bonds. The van der Waals surface area contributed by atoms with Gasteiger partial charge in [-0.05, 0) is 43.4 Å². The number of thiazole rings is 1. The zero-order valence-corrected chi connectivity index (χ0v) is 12.7. The van der Waals surface area contributed by atoms with Crippen molar-refractivity contribution in [1.82, 2.24) is 10.3 Å². The third kappa shape index (κ3) is 3.02. The molecule has 1 saturated carbocycles. The minimum absolute atomic E-state index is 0.643. The molecule has 1 aliphatic rings.